The summed E-state index contributed by atoms with van der Waals surface area (Å²) in [6, 6.07) is 0.781. The van der Waals surface area contributed by atoms with Crippen molar-refractivity contribution in [1.82, 2.24) is 0 Å². The third kappa shape index (κ3) is 1.43. The molecule has 0 fully saturated rings. The maximum Gasteiger partial charge on any atom is 0.481 e. The number of hydrogen-bond donors (Lipinski definition) is 1. The van der Waals surface area contributed by atoms with Crippen molar-refractivity contribution in [2.75, 3.05) is 0 Å². The van der Waals surface area contributed by atoms with Gasteiger partial charge in [0.1, 0.15) is 6.29 Å². The van der Waals surface area contributed by atoms with Gasteiger partial charge in [0.15, 0.2) is 11.6 Å². The summed E-state index contributed by atoms with van der Waals surface area (Å²) in [5, 5.41) is 9.65. The van der Waals surface area contributed by atoms with E-state index in [4.69, 9.17) is 4.34 Å². The normalized spacial score (nSPS) is 17.4. The molecular formula is C9H9BF2O3Si. The van der Waals surface area contributed by atoms with Crippen LogP contribution in [0.15, 0.2) is 6.07 Å². The molecule has 0 aliphatic carbocycles. The number of halogens is 2. The monoisotopic (exact) mass is 242 g/mol. The molecule has 1 N–H and O–H groups in total. The molecule has 2 rings (SSSR count). The Morgan fingerprint density at radius 1 is 1.50 bits per heavy atom. The van der Waals surface area contributed by atoms with Gasteiger partial charge in [0.25, 0.3) is 0 Å². The van der Waals surface area contributed by atoms with Crippen molar-refractivity contribution in [2.24, 2.45) is 0 Å². The molecule has 1 aromatic carbocycles. The van der Waals surface area contributed by atoms with E-state index in [9.17, 15) is 18.6 Å². The van der Waals surface area contributed by atoms with Crippen LogP contribution in [-0.4, -0.2) is 26.7 Å². The minimum Gasteiger partial charge on any atom is -0.446 e. The van der Waals surface area contributed by atoms with E-state index in [0.29, 0.717) is 6.29 Å². The molecule has 0 amide bonds. The first-order valence-electron chi connectivity index (χ1n) is 4.72. The molecule has 1 aliphatic rings. The lowest BCUT2D eigenvalue weighted by molar-refractivity contribution is 0.112. The Morgan fingerprint density at radius 3 is 2.69 bits per heavy atom. The predicted octanol–water partition coefficient (Wildman–Crippen LogP) is -0.0929. The van der Waals surface area contributed by atoms with Crippen molar-refractivity contribution in [3.8, 4) is 0 Å². The van der Waals surface area contributed by atoms with Gasteiger partial charge in [-0.2, -0.15) is 0 Å². The molecule has 1 aliphatic heterocycles. The standard InChI is InChI=1S/C9H9BF2O3Si/c1-16(2)9-7(10(14)15-16)5(4-13)3-6(11)8(9)12/h3-4,14H,1-2H3. The van der Waals surface area contributed by atoms with Crippen molar-refractivity contribution in [1.29, 1.82) is 0 Å². The lowest BCUT2D eigenvalue weighted by Crippen LogP contribution is -2.47. The van der Waals surface area contributed by atoms with Gasteiger partial charge in [-0.05, 0) is 24.6 Å². The van der Waals surface area contributed by atoms with Crippen molar-refractivity contribution >= 4 is 32.4 Å². The summed E-state index contributed by atoms with van der Waals surface area (Å²) in [5.41, 5.74) is 0.0186. The average Bonchev–Trinajstić information content (AvgIpc) is 2.42. The number of aldehydes is 1. The van der Waals surface area contributed by atoms with Crippen LogP contribution in [0.1, 0.15) is 10.4 Å². The van der Waals surface area contributed by atoms with E-state index in [1.165, 1.54) is 0 Å². The van der Waals surface area contributed by atoms with Gasteiger partial charge in [-0.25, -0.2) is 8.78 Å². The first kappa shape index (κ1) is 11.4. The fourth-order valence-electron chi connectivity index (χ4n) is 2.01. The molecule has 0 saturated carbocycles. The van der Waals surface area contributed by atoms with E-state index in [-0.39, 0.29) is 16.2 Å². The fraction of sp³-hybridized carbons (Fsp3) is 0.222. The Hall–Kier alpha value is -1.05. The van der Waals surface area contributed by atoms with E-state index in [2.05, 4.69) is 0 Å². The van der Waals surface area contributed by atoms with Gasteiger partial charge in [0.05, 0.1) is 0 Å². The van der Waals surface area contributed by atoms with Gasteiger partial charge >= 0.3 is 7.12 Å². The molecule has 3 nitrogen and oxygen atoms in total. The van der Waals surface area contributed by atoms with E-state index in [1.807, 2.05) is 0 Å². The second-order valence-electron chi connectivity index (χ2n) is 4.15. The third-order valence-corrected chi connectivity index (χ3v) is 5.18. The van der Waals surface area contributed by atoms with E-state index < -0.39 is 27.1 Å². The number of benzene rings is 1. The quantitative estimate of drug-likeness (QED) is 0.553. The zero-order valence-corrected chi connectivity index (χ0v) is 9.75. The molecule has 0 aromatic heterocycles. The SMILES string of the molecule is C[Si]1(C)OB(O)c2c(C=O)cc(F)c(F)c21. The smallest absolute Gasteiger partial charge is 0.446 e. The first-order valence-corrected chi connectivity index (χ1v) is 7.62. The molecule has 84 valence electrons. The zero-order chi connectivity index (χ0) is 12.1. The Labute approximate surface area is 92.3 Å². The predicted molar refractivity (Wildman–Crippen MR) is 57.6 cm³/mol. The van der Waals surface area contributed by atoms with Crippen molar-refractivity contribution in [2.45, 2.75) is 13.1 Å². The van der Waals surface area contributed by atoms with Crippen LogP contribution in [0, 0.1) is 11.6 Å². The highest BCUT2D eigenvalue weighted by atomic mass is 28.4. The zero-order valence-electron chi connectivity index (χ0n) is 8.75. The molecule has 0 spiro atoms. The maximum atomic E-state index is 13.6. The molecule has 1 aromatic rings. The van der Waals surface area contributed by atoms with Crippen LogP contribution in [0.5, 0.6) is 0 Å². The van der Waals surface area contributed by atoms with Crippen LogP contribution in [-0.2, 0) is 4.34 Å². The highest BCUT2D eigenvalue weighted by molar-refractivity contribution is 6.98. The fourth-order valence-corrected chi connectivity index (χ4v) is 4.37. The molecule has 7 heteroatoms. The Bertz CT molecular complexity index is 478. The molecule has 0 radical (unpaired) electrons. The van der Waals surface area contributed by atoms with Crippen LogP contribution < -0.4 is 10.6 Å². The summed E-state index contributed by atoms with van der Waals surface area (Å²) in [7, 11) is -4.01. The Morgan fingerprint density at radius 2 is 2.12 bits per heavy atom. The van der Waals surface area contributed by atoms with Gasteiger partial charge in [0.2, 0.25) is 8.32 Å². The number of carbonyl (C=O) groups is 1. The number of fused-ring (bicyclic) bond motifs is 1. The van der Waals surface area contributed by atoms with Gasteiger partial charge in [-0.1, -0.05) is 0 Å². The second-order valence-corrected chi connectivity index (χ2v) is 7.90. The highest BCUT2D eigenvalue weighted by Crippen LogP contribution is 2.18. The lowest BCUT2D eigenvalue weighted by Gasteiger charge is -2.17. The molecule has 0 atom stereocenters. The molecule has 0 saturated heterocycles. The number of rotatable bonds is 1. The molecule has 1 heterocycles. The topological polar surface area (TPSA) is 46.5 Å². The highest BCUT2D eigenvalue weighted by Gasteiger charge is 2.47. The van der Waals surface area contributed by atoms with Crippen LogP contribution >= 0.6 is 0 Å². The summed E-state index contributed by atoms with van der Waals surface area (Å²) in [5.74, 6) is -2.10. The molecule has 0 unspecified atom stereocenters. The van der Waals surface area contributed by atoms with Crippen LogP contribution in [0.3, 0.4) is 0 Å². The number of carbonyl (C=O) groups excluding carboxylic acids is 1. The van der Waals surface area contributed by atoms with Gasteiger partial charge < -0.3 is 9.37 Å². The van der Waals surface area contributed by atoms with Crippen LogP contribution in [0.25, 0.3) is 0 Å². The molecule has 16 heavy (non-hydrogen) atoms. The van der Waals surface area contributed by atoms with Gasteiger partial charge in [0, 0.05) is 10.8 Å². The minimum atomic E-state index is -2.67. The largest absolute Gasteiger partial charge is 0.481 e. The van der Waals surface area contributed by atoms with Crippen LogP contribution in [0.4, 0.5) is 8.78 Å². The lowest BCUT2D eigenvalue weighted by atomic mass is 9.77. The Kier molecular flexibility index (Phi) is 2.48. The maximum absolute atomic E-state index is 13.6. The Balaban J connectivity index is 2.82. The summed E-state index contributed by atoms with van der Waals surface area (Å²) < 4.78 is 32.1. The van der Waals surface area contributed by atoms with E-state index >= 15 is 0 Å². The van der Waals surface area contributed by atoms with Crippen molar-refractivity contribution in [3.05, 3.63) is 23.3 Å². The number of hydrogen-bond acceptors (Lipinski definition) is 3. The summed E-state index contributed by atoms with van der Waals surface area (Å²) >= 11 is 0. The average molecular weight is 242 g/mol. The van der Waals surface area contributed by atoms with Gasteiger partial charge in [-0.3, -0.25) is 4.79 Å². The van der Waals surface area contributed by atoms with E-state index in [1.54, 1.807) is 13.1 Å². The van der Waals surface area contributed by atoms with E-state index in [0.717, 1.165) is 6.07 Å². The first-order chi connectivity index (χ1) is 7.38. The van der Waals surface area contributed by atoms with Crippen LogP contribution in [0.2, 0.25) is 13.1 Å². The molecule has 0 bridgehead atoms. The summed E-state index contributed by atoms with van der Waals surface area (Å²) in [6.45, 7) is 3.28. The summed E-state index contributed by atoms with van der Waals surface area (Å²) in [6.07, 6.45) is 0.393. The van der Waals surface area contributed by atoms with Crippen molar-refractivity contribution in [3.63, 3.8) is 0 Å². The summed E-state index contributed by atoms with van der Waals surface area (Å²) in [4.78, 5) is 10.7. The second kappa shape index (κ2) is 3.48. The van der Waals surface area contributed by atoms with Gasteiger partial charge in [-0.15, -0.1) is 0 Å². The van der Waals surface area contributed by atoms with Crippen molar-refractivity contribution < 1.29 is 22.9 Å². The third-order valence-electron chi connectivity index (χ3n) is 2.67. The molecular weight excluding hydrogens is 233 g/mol. The minimum absolute atomic E-state index is 0.0436.